The highest BCUT2D eigenvalue weighted by Gasteiger charge is 2.05. The number of rotatable bonds is 5. The molecule has 0 aliphatic carbocycles. The van der Waals surface area contributed by atoms with Gasteiger partial charge in [0.15, 0.2) is 0 Å². The first-order valence-corrected chi connectivity index (χ1v) is 6.00. The fraction of sp³-hybridized carbons (Fsp3) is 0.357. The summed E-state index contributed by atoms with van der Waals surface area (Å²) in [5.74, 6) is 0. The van der Waals surface area contributed by atoms with Crippen molar-refractivity contribution in [2.45, 2.75) is 32.9 Å². The molecule has 0 saturated heterocycles. The molecule has 0 spiro atoms. The Kier molecular flexibility index (Phi) is 3.94. The molecule has 3 heteroatoms. The smallest absolute Gasteiger partial charge is 0.128 e. The van der Waals surface area contributed by atoms with Gasteiger partial charge in [-0.1, -0.05) is 36.3 Å². The van der Waals surface area contributed by atoms with Crippen LogP contribution >= 0.6 is 0 Å². The van der Waals surface area contributed by atoms with Gasteiger partial charge in [0.1, 0.15) is 6.26 Å². The second kappa shape index (κ2) is 5.64. The zero-order chi connectivity index (χ0) is 12.1. The minimum absolute atomic E-state index is 0.329. The molecule has 1 heterocycles. The largest absolute Gasteiger partial charge is 0.364 e. The van der Waals surface area contributed by atoms with Gasteiger partial charge in [0.25, 0.3) is 0 Å². The Hall–Kier alpha value is -1.61. The minimum atomic E-state index is 0.329. The third kappa shape index (κ3) is 3.17. The summed E-state index contributed by atoms with van der Waals surface area (Å²) in [6.45, 7) is 5.11. The summed E-state index contributed by atoms with van der Waals surface area (Å²) in [4.78, 5) is 0. The summed E-state index contributed by atoms with van der Waals surface area (Å²) in [5.41, 5.74) is 3.75. The Balaban J connectivity index is 1.92. The molecular formula is C14H18N2O. The fourth-order valence-electron chi connectivity index (χ4n) is 1.74. The molecule has 0 fully saturated rings. The van der Waals surface area contributed by atoms with Crippen LogP contribution in [0.25, 0.3) is 0 Å². The zero-order valence-corrected chi connectivity index (χ0v) is 10.3. The molecule has 0 aliphatic heterocycles. The predicted octanol–water partition coefficient (Wildman–Crippen LogP) is 3.09. The van der Waals surface area contributed by atoms with E-state index in [1.54, 1.807) is 12.5 Å². The van der Waals surface area contributed by atoms with Crippen molar-refractivity contribution < 1.29 is 4.52 Å². The molecule has 0 aliphatic rings. The average Bonchev–Trinajstić information content (AvgIpc) is 2.89. The van der Waals surface area contributed by atoms with Gasteiger partial charge in [0.2, 0.25) is 0 Å². The minimum Gasteiger partial charge on any atom is -0.364 e. The van der Waals surface area contributed by atoms with Gasteiger partial charge in [-0.15, -0.1) is 0 Å². The van der Waals surface area contributed by atoms with E-state index in [0.29, 0.717) is 6.04 Å². The van der Waals surface area contributed by atoms with Crippen molar-refractivity contribution in [1.29, 1.82) is 0 Å². The summed E-state index contributed by atoms with van der Waals surface area (Å²) in [5, 5.41) is 7.12. The monoisotopic (exact) mass is 230 g/mol. The van der Waals surface area contributed by atoms with E-state index in [4.69, 9.17) is 4.52 Å². The van der Waals surface area contributed by atoms with Crippen LogP contribution in [-0.2, 0) is 13.0 Å². The normalized spacial score (nSPS) is 12.6. The van der Waals surface area contributed by atoms with E-state index >= 15 is 0 Å². The standard InChI is InChI=1S/C14H18N2O/c1-3-12-4-6-14(7-5-12)11(2)15-8-13-9-16-17-10-13/h4-7,9-11,15H,3,8H2,1-2H3. The molecule has 1 aromatic heterocycles. The van der Waals surface area contributed by atoms with E-state index in [-0.39, 0.29) is 0 Å². The van der Waals surface area contributed by atoms with Gasteiger partial charge in [0, 0.05) is 18.2 Å². The van der Waals surface area contributed by atoms with Crippen LogP contribution in [0.3, 0.4) is 0 Å². The first-order valence-electron chi connectivity index (χ1n) is 6.00. The van der Waals surface area contributed by atoms with E-state index < -0.39 is 0 Å². The van der Waals surface area contributed by atoms with Crippen LogP contribution in [-0.4, -0.2) is 5.16 Å². The molecule has 3 nitrogen and oxygen atoms in total. The molecule has 0 amide bonds. The van der Waals surface area contributed by atoms with Gasteiger partial charge in [-0.2, -0.15) is 0 Å². The predicted molar refractivity (Wildman–Crippen MR) is 67.6 cm³/mol. The summed E-state index contributed by atoms with van der Waals surface area (Å²) in [7, 11) is 0. The number of nitrogens with zero attached hydrogens (tertiary/aromatic N) is 1. The number of aromatic nitrogens is 1. The van der Waals surface area contributed by atoms with Crippen LogP contribution in [0.1, 0.15) is 36.6 Å². The second-order valence-corrected chi connectivity index (χ2v) is 4.23. The van der Waals surface area contributed by atoms with Gasteiger partial charge in [-0.25, -0.2) is 0 Å². The van der Waals surface area contributed by atoms with E-state index in [9.17, 15) is 0 Å². The van der Waals surface area contributed by atoms with Gasteiger partial charge >= 0.3 is 0 Å². The topological polar surface area (TPSA) is 38.1 Å². The summed E-state index contributed by atoms with van der Waals surface area (Å²) in [6, 6.07) is 9.07. The molecule has 90 valence electrons. The van der Waals surface area contributed by atoms with Crippen LogP contribution in [0.15, 0.2) is 41.2 Å². The average molecular weight is 230 g/mol. The summed E-state index contributed by atoms with van der Waals surface area (Å²) < 4.78 is 4.79. The highest BCUT2D eigenvalue weighted by molar-refractivity contribution is 5.24. The first kappa shape index (κ1) is 11.9. The SMILES string of the molecule is CCc1ccc(C(C)NCc2cnoc2)cc1. The van der Waals surface area contributed by atoms with Crippen molar-refractivity contribution in [2.24, 2.45) is 0 Å². The fourth-order valence-corrected chi connectivity index (χ4v) is 1.74. The molecule has 2 aromatic rings. The lowest BCUT2D eigenvalue weighted by molar-refractivity contribution is 0.418. The molecule has 0 radical (unpaired) electrons. The molecule has 1 unspecified atom stereocenters. The highest BCUT2D eigenvalue weighted by Crippen LogP contribution is 2.14. The van der Waals surface area contributed by atoms with Crippen molar-refractivity contribution in [1.82, 2.24) is 10.5 Å². The van der Waals surface area contributed by atoms with Crippen LogP contribution in [0.2, 0.25) is 0 Å². The van der Waals surface area contributed by atoms with Gasteiger partial charge in [-0.3, -0.25) is 0 Å². The Morgan fingerprint density at radius 3 is 2.59 bits per heavy atom. The number of benzene rings is 1. The molecule has 0 bridgehead atoms. The van der Waals surface area contributed by atoms with Gasteiger partial charge < -0.3 is 9.84 Å². The highest BCUT2D eigenvalue weighted by atomic mass is 16.5. The molecular weight excluding hydrogens is 212 g/mol. The van der Waals surface area contributed by atoms with Crippen LogP contribution < -0.4 is 5.32 Å². The van der Waals surface area contributed by atoms with Crippen LogP contribution in [0.4, 0.5) is 0 Å². The second-order valence-electron chi connectivity index (χ2n) is 4.23. The quantitative estimate of drug-likeness (QED) is 0.857. The Labute approximate surface area is 102 Å². The summed E-state index contributed by atoms with van der Waals surface area (Å²) >= 11 is 0. The lowest BCUT2D eigenvalue weighted by Crippen LogP contribution is -2.17. The summed E-state index contributed by atoms with van der Waals surface area (Å²) in [6.07, 6.45) is 4.49. The van der Waals surface area contributed by atoms with E-state index in [1.807, 2.05) is 0 Å². The molecule has 17 heavy (non-hydrogen) atoms. The van der Waals surface area contributed by atoms with Crippen molar-refractivity contribution in [3.63, 3.8) is 0 Å². The number of nitrogens with one attached hydrogen (secondary N) is 1. The number of hydrogen-bond acceptors (Lipinski definition) is 3. The zero-order valence-electron chi connectivity index (χ0n) is 10.3. The maximum atomic E-state index is 4.79. The van der Waals surface area contributed by atoms with E-state index in [2.05, 4.69) is 48.6 Å². The first-order chi connectivity index (χ1) is 8.29. The third-order valence-corrected chi connectivity index (χ3v) is 2.98. The molecule has 1 atom stereocenters. The molecule has 1 aromatic carbocycles. The van der Waals surface area contributed by atoms with Crippen molar-refractivity contribution >= 4 is 0 Å². The van der Waals surface area contributed by atoms with Gasteiger partial charge in [-0.05, 0) is 24.5 Å². The van der Waals surface area contributed by atoms with Crippen molar-refractivity contribution in [3.05, 3.63) is 53.4 Å². The lowest BCUT2D eigenvalue weighted by atomic mass is 10.0. The number of aryl methyl sites for hydroxylation is 1. The molecule has 0 saturated carbocycles. The third-order valence-electron chi connectivity index (χ3n) is 2.98. The van der Waals surface area contributed by atoms with Crippen molar-refractivity contribution in [3.8, 4) is 0 Å². The van der Waals surface area contributed by atoms with Crippen molar-refractivity contribution in [2.75, 3.05) is 0 Å². The maximum absolute atomic E-state index is 4.79. The number of hydrogen-bond donors (Lipinski definition) is 1. The van der Waals surface area contributed by atoms with E-state index in [1.165, 1.54) is 11.1 Å². The molecule has 2 rings (SSSR count). The van der Waals surface area contributed by atoms with Crippen LogP contribution in [0.5, 0.6) is 0 Å². The lowest BCUT2D eigenvalue weighted by Gasteiger charge is -2.13. The maximum Gasteiger partial charge on any atom is 0.128 e. The Morgan fingerprint density at radius 2 is 2.00 bits per heavy atom. The Bertz CT molecular complexity index is 434. The van der Waals surface area contributed by atoms with Gasteiger partial charge in [0.05, 0.1) is 6.20 Å². The van der Waals surface area contributed by atoms with Crippen LogP contribution in [0, 0.1) is 0 Å². The molecule has 1 N–H and O–H groups in total. The van der Waals surface area contributed by atoms with E-state index in [0.717, 1.165) is 18.5 Å². The Morgan fingerprint density at radius 1 is 1.24 bits per heavy atom.